The van der Waals surface area contributed by atoms with E-state index < -0.39 is 12.2 Å². The highest BCUT2D eigenvalue weighted by Gasteiger charge is 2.44. The summed E-state index contributed by atoms with van der Waals surface area (Å²) in [5, 5.41) is 0. The maximum atomic E-state index is 11.8. The highest BCUT2D eigenvalue weighted by Crippen LogP contribution is 2.43. The third-order valence-electron chi connectivity index (χ3n) is 4.97. The summed E-state index contributed by atoms with van der Waals surface area (Å²) in [6.45, 7) is 2.80. The Kier molecular flexibility index (Phi) is 5.71. The molecular formula is C22H24O4. The molecule has 0 bridgehead atoms. The lowest BCUT2D eigenvalue weighted by Crippen LogP contribution is -2.46. The summed E-state index contributed by atoms with van der Waals surface area (Å²) < 4.78 is 11.4. The van der Waals surface area contributed by atoms with Crippen molar-refractivity contribution in [2.45, 2.75) is 50.7 Å². The molecule has 0 amide bonds. The second kappa shape index (κ2) is 8.17. The molecule has 26 heavy (non-hydrogen) atoms. The zero-order valence-electron chi connectivity index (χ0n) is 15.1. The normalized spacial score (nSPS) is 25.3. The van der Waals surface area contributed by atoms with Crippen molar-refractivity contribution in [3.63, 3.8) is 0 Å². The molecule has 2 aromatic carbocycles. The second-order valence-corrected chi connectivity index (χ2v) is 6.76. The molecular weight excluding hydrogens is 328 g/mol. The van der Waals surface area contributed by atoms with Crippen molar-refractivity contribution in [1.82, 2.24) is 0 Å². The summed E-state index contributed by atoms with van der Waals surface area (Å²) in [6, 6.07) is 20.0. The van der Waals surface area contributed by atoms with Gasteiger partial charge in [0.05, 0.1) is 0 Å². The van der Waals surface area contributed by atoms with Gasteiger partial charge in [-0.25, -0.2) is 0 Å². The van der Waals surface area contributed by atoms with E-state index in [1.54, 1.807) is 0 Å². The number of rotatable bonds is 4. The van der Waals surface area contributed by atoms with E-state index in [0.717, 1.165) is 24.0 Å². The fraction of sp³-hybridized carbons (Fsp3) is 0.364. The first-order chi connectivity index (χ1) is 12.6. The van der Waals surface area contributed by atoms with E-state index in [9.17, 15) is 9.59 Å². The molecule has 1 aliphatic carbocycles. The van der Waals surface area contributed by atoms with Crippen LogP contribution in [-0.4, -0.2) is 24.1 Å². The maximum absolute atomic E-state index is 11.8. The van der Waals surface area contributed by atoms with Crippen LogP contribution in [0, 0.1) is 0 Å². The minimum absolute atomic E-state index is 0.00409. The molecule has 4 unspecified atom stereocenters. The predicted molar refractivity (Wildman–Crippen MR) is 98.7 cm³/mol. The first kappa shape index (κ1) is 18.2. The van der Waals surface area contributed by atoms with E-state index in [1.165, 1.54) is 13.8 Å². The fourth-order valence-electron chi connectivity index (χ4n) is 3.94. The lowest BCUT2D eigenvalue weighted by molar-refractivity contribution is -0.173. The van der Waals surface area contributed by atoms with Gasteiger partial charge in [-0.05, 0) is 24.0 Å². The lowest BCUT2D eigenvalue weighted by atomic mass is 9.72. The van der Waals surface area contributed by atoms with Crippen molar-refractivity contribution in [3.05, 3.63) is 71.8 Å². The van der Waals surface area contributed by atoms with Crippen molar-refractivity contribution >= 4 is 11.9 Å². The van der Waals surface area contributed by atoms with Crippen molar-refractivity contribution < 1.29 is 19.1 Å². The minimum Gasteiger partial charge on any atom is -0.458 e. The summed E-state index contributed by atoms with van der Waals surface area (Å²) in [4.78, 5) is 23.6. The second-order valence-electron chi connectivity index (χ2n) is 6.76. The van der Waals surface area contributed by atoms with Gasteiger partial charge in [-0.2, -0.15) is 0 Å². The quantitative estimate of drug-likeness (QED) is 0.774. The highest BCUT2D eigenvalue weighted by atomic mass is 16.6. The number of ether oxygens (including phenoxy) is 2. The minimum atomic E-state index is -0.502. The average Bonchev–Trinajstić information content (AvgIpc) is 2.63. The topological polar surface area (TPSA) is 52.6 Å². The number of hydrogen-bond acceptors (Lipinski definition) is 4. The van der Waals surface area contributed by atoms with E-state index in [2.05, 4.69) is 0 Å². The molecule has 1 aliphatic rings. The van der Waals surface area contributed by atoms with E-state index in [0.29, 0.717) is 0 Å². The van der Waals surface area contributed by atoms with Gasteiger partial charge in [0.1, 0.15) is 12.2 Å². The molecule has 0 spiro atoms. The summed E-state index contributed by atoms with van der Waals surface area (Å²) in [6.07, 6.45) is 0.717. The number of carbonyl (C=O) groups excluding carboxylic acids is 2. The van der Waals surface area contributed by atoms with Gasteiger partial charge in [-0.15, -0.1) is 0 Å². The Morgan fingerprint density at radius 3 is 1.35 bits per heavy atom. The van der Waals surface area contributed by atoms with Crippen LogP contribution in [0.25, 0.3) is 0 Å². The van der Waals surface area contributed by atoms with E-state index in [1.807, 2.05) is 60.7 Å². The Morgan fingerprint density at radius 2 is 1.04 bits per heavy atom. The Morgan fingerprint density at radius 1 is 0.692 bits per heavy atom. The number of carbonyl (C=O) groups is 2. The van der Waals surface area contributed by atoms with Gasteiger partial charge in [-0.1, -0.05) is 60.7 Å². The van der Waals surface area contributed by atoms with Crippen molar-refractivity contribution in [2.75, 3.05) is 0 Å². The molecule has 0 aromatic heterocycles. The zero-order chi connectivity index (χ0) is 18.5. The molecule has 4 atom stereocenters. The lowest BCUT2D eigenvalue weighted by Gasteiger charge is -2.42. The molecule has 0 saturated heterocycles. The average molecular weight is 352 g/mol. The van der Waals surface area contributed by atoms with E-state index in [-0.39, 0.29) is 23.8 Å². The molecule has 1 fully saturated rings. The molecule has 0 radical (unpaired) electrons. The number of esters is 2. The molecule has 0 heterocycles. The number of benzene rings is 2. The van der Waals surface area contributed by atoms with Crippen LogP contribution >= 0.6 is 0 Å². The van der Waals surface area contributed by atoms with E-state index in [4.69, 9.17) is 9.47 Å². The van der Waals surface area contributed by atoms with Gasteiger partial charge in [0.25, 0.3) is 0 Å². The van der Waals surface area contributed by atoms with Crippen LogP contribution < -0.4 is 0 Å². The van der Waals surface area contributed by atoms with Crippen molar-refractivity contribution in [1.29, 1.82) is 0 Å². The van der Waals surface area contributed by atoms with Gasteiger partial charge in [0, 0.05) is 25.7 Å². The van der Waals surface area contributed by atoms with Crippen molar-refractivity contribution in [2.24, 2.45) is 0 Å². The van der Waals surface area contributed by atoms with Crippen LogP contribution in [0.5, 0.6) is 0 Å². The summed E-state index contributed by atoms with van der Waals surface area (Å²) in [7, 11) is 0. The van der Waals surface area contributed by atoms with Crippen LogP contribution in [0.3, 0.4) is 0 Å². The van der Waals surface area contributed by atoms with Gasteiger partial charge in [0.2, 0.25) is 0 Å². The monoisotopic (exact) mass is 352 g/mol. The van der Waals surface area contributed by atoms with Gasteiger partial charge < -0.3 is 9.47 Å². The molecule has 2 aromatic rings. The van der Waals surface area contributed by atoms with Gasteiger partial charge in [0.15, 0.2) is 0 Å². The molecule has 0 aliphatic heterocycles. The van der Waals surface area contributed by atoms with Crippen LogP contribution in [0.15, 0.2) is 60.7 Å². The SMILES string of the molecule is CC(=O)OC1C(c2ccccc2)CCC(c2ccccc2)C1OC(C)=O. The van der Waals surface area contributed by atoms with Crippen LogP contribution in [0.2, 0.25) is 0 Å². The molecule has 4 nitrogen and oxygen atoms in total. The zero-order valence-corrected chi connectivity index (χ0v) is 15.1. The fourth-order valence-corrected chi connectivity index (χ4v) is 3.94. The maximum Gasteiger partial charge on any atom is 0.303 e. The Bertz CT molecular complexity index is 676. The Balaban J connectivity index is 1.99. The van der Waals surface area contributed by atoms with Gasteiger partial charge in [-0.3, -0.25) is 9.59 Å². The standard InChI is InChI=1S/C22H24O4/c1-15(23)25-21-19(17-9-5-3-6-10-17)13-14-20(22(21)26-16(2)24)18-11-7-4-8-12-18/h3-12,19-22H,13-14H2,1-2H3. The van der Waals surface area contributed by atoms with Gasteiger partial charge >= 0.3 is 11.9 Å². The first-order valence-electron chi connectivity index (χ1n) is 9.00. The Hall–Kier alpha value is -2.62. The molecule has 4 heteroatoms. The van der Waals surface area contributed by atoms with E-state index >= 15 is 0 Å². The summed E-state index contributed by atoms with van der Waals surface area (Å²) >= 11 is 0. The van der Waals surface area contributed by atoms with Crippen molar-refractivity contribution in [3.8, 4) is 0 Å². The molecule has 1 saturated carbocycles. The van der Waals surface area contributed by atoms with Crippen LogP contribution in [0.1, 0.15) is 49.7 Å². The number of hydrogen-bond donors (Lipinski definition) is 0. The summed E-state index contributed by atoms with van der Waals surface area (Å²) in [5.74, 6) is -0.711. The molecule has 3 rings (SSSR count). The largest absolute Gasteiger partial charge is 0.458 e. The smallest absolute Gasteiger partial charge is 0.303 e. The molecule has 136 valence electrons. The third-order valence-corrected chi connectivity index (χ3v) is 4.97. The van der Waals surface area contributed by atoms with Crippen LogP contribution in [0.4, 0.5) is 0 Å². The molecule has 0 N–H and O–H groups in total. The summed E-state index contributed by atoms with van der Waals surface area (Å²) in [5.41, 5.74) is 2.20. The predicted octanol–water partition coefficient (Wildman–Crippen LogP) is 4.21. The van der Waals surface area contributed by atoms with Crippen LogP contribution in [-0.2, 0) is 19.1 Å². The first-order valence-corrected chi connectivity index (χ1v) is 9.00. The third kappa shape index (κ3) is 4.13. The highest BCUT2D eigenvalue weighted by molar-refractivity contribution is 5.67. The Labute approximate surface area is 154 Å².